The molecule has 4 N–H and O–H groups in total. The van der Waals surface area contributed by atoms with Crippen LogP contribution in [0.15, 0.2) is 60.7 Å². The van der Waals surface area contributed by atoms with Crippen molar-refractivity contribution in [2.24, 2.45) is 0 Å². The van der Waals surface area contributed by atoms with Crippen LogP contribution in [-0.2, 0) is 11.2 Å². The Morgan fingerprint density at radius 1 is 0.933 bits per heavy atom. The number of nitrogens with zero attached hydrogens (tertiary/aromatic N) is 1. The van der Waals surface area contributed by atoms with Crippen LogP contribution >= 0.6 is 0 Å². The first kappa shape index (κ1) is 31.6. The van der Waals surface area contributed by atoms with Gasteiger partial charge in [-0.1, -0.05) is 43.2 Å². The smallest absolute Gasteiger partial charge is 0.161 e. The minimum Gasteiger partial charge on any atom is -0.493 e. The van der Waals surface area contributed by atoms with Crippen LogP contribution in [0.3, 0.4) is 0 Å². The molecule has 1 saturated heterocycles. The van der Waals surface area contributed by atoms with E-state index in [1.807, 2.05) is 42.5 Å². The van der Waals surface area contributed by atoms with E-state index in [0.29, 0.717) is 43.8 Å². The number of aliphatic hydroxyl groups excluding tert-OH is 2. The largest absolute Gasteiger partial charge is 0.493 e. The van der Waals surface area contributed by atoms with E-state index < -0.39 is 6.10 Å². The lowest BCUT2D eigenvalue weighted by molar-refractivity contribution is -0.0316. The summed E-state index contributed by atoms with van der Waals surface area (Å²) in [6, 6.07) is 20.6. The molecule has 2 heterocycles. The molecule has 0 radical (unpaired) electrons. The Kier molecular flexibility index (Phi) is 10.8. The molecule has 6 rings (SSSR count). The molecule has 9 nitrogen and oxygen atoms in total. The van der Waals surface area contributed by atoms with E-state index >= 15 is 0 Å². The molecule has 1 unspecified atom stereocenters. The fraction of sp³-hybridized carbons (Fsp3) is 0.500. The number of fused-ring (bicyclic) bond motifs is 3. The van der Waals surface area contributed by atoms with E-state index in [2.05, 4.69) is 33.4 Å². The first-order chi connectivity index (χ1) is 22.1. The van der Waals surface area contributed by atoms with Crippen molar-refractivity contribution < 1.29 is 29.2 Å². The zero-order chi connectivity index (χ0) is 31.0. The van der Waals surface area contributed by atoms with Crippen LogP contribution in [0.2, 0.25) is 0 Å². The maximum atomic E-state index is 10.5. The Morgan fingerprint density at radius 3 is 2.67 bits per heavy atom. The van der Waals surface area contributed by atoms with Crippen LogP contribution in [0.25, 0.3) is 21.8 Å². The third kappa shape index (κ3) is 7.91. The van der Waals surface area contributed by atoms with Crippen molar-refractivity contribution in [2.45, 2.75) is 62.9 Å². The number of para-hydroxylation sites is 1. The maximum absolute atomic E-state index is 10.5. The maximum Gasteiger partial charge on any atom is 0.161 e. The average Bonchev–Trinajstić information content (AvgIpc) is 3.68. The summed E-state index contributed by atoms with van der Waals surface area (Å²) in [4.78, 5) is 5.85. The zero-order valence-electron chi connectivity index (χ0n) is 26.2. The number of nitrogens with one attached hydrogen (secondary N) is 2. The molecule has 0 bridgehead atoms. The van der Waals surface area contributed by atoms with Crippen LogP contribution < -0.4 is 19.5 Å². The molecule has 1 saturated carbocycles. The Balaban J connectivity index is 0.910. The summed E-state index contributed by atoms with van der Waals surface area (Å²) < 4.78 is 24.0. The van der Waals surface area contributed by atoms with Gasteiger partial charge < -0.3 is 39.5 Å². The summed E-state index contributed by atoms with van der Waals surface area (Å²) >= 11 is 0. The second kappa shape index (κ2) is 15.3. The number of benzene rings is 3. The minimum absolute atomic E-state index is 0.189. The predicted molar refractivity (Wildman–Crippen MR) is 177 cm³/mol. The highest BCUT2D eigenvalue weighted by Crippen LogP contribution is 2.33. The Hall–Kier alpha value is -3.34. The first-order valence-electron chi connectivity index (χ1n) is 16.4. The van der Waals surface area contributed by atoms with Crippen molar-refractivity contribution in [1.29, 1.82) is 0 Å². The van der Waals surface area contributed by atoms with Gasteiger partial charge >= 0.3 is 0 Å². The molecule has 4 atom stereocenters. The number of hydrogen-bond acceptors (Lipinski definition) is 8. The number of H-pyrrole nitrogens is 1. The van der Waals surface area contributed by atoms with E-state index in [9.17, 15) is 10.2 Å². The molecule has 1 aromatic heterocycles. The normalized spacial score (nSPS) is 21.4. The van der Waals surface area contributed by atoms with Crippen LogP contribution in [0.4, 0.5) is 0 Å². The van der Waals surface area contributed by atoms with Gasteiger partial charge in [-0.05, 0) is 61.6 Å². The van der Waals surface area contributed by atoms with Gasteiger partial charge in [-0.2, -0.15) is 0 Å². The number of aromatic amines is 1. The number of hydrogen-bond donors (Lipinski definition) is 4. The number of aromatic nitrogens is 1. The van der Waals surface area contributed by atoms with Crippen molar-refractivity contribution in [3.63, 3.8) is 0 Å². The fourth-order valence-corrected chi connectivity index (χ4v) is 6.81. The number of methoxy groups -OCH3 is 1. The van der Waals surface area contributed by atoms with E-state index in [4.69, 9.17) is 18.9 Å². The standard InChI is InChI=1S/C36H47N3O6/c1-42-35-21-25(16-19-43-32-11-5-4-10-31(32)39-18-15-26(40)23-39)13-14-33(35)44-20-17-37-22-27(41)24-45-34-12-6-9-30-36(34)28-7-2-3-8-29(28)38-30/h2-3,6-9,12-14,21,26-27,31-32,37-38,40-41H,4-5,10-11,15-20,22-24H2,1H3/t26?,27-,31+,32+/m1/s1. The topological polar surface area (TPSA) is 108 Å². The van der Waals surface area contributed by atoms with Gasteiger partial charge in [0.2, 0.25) is 0 Å². The fourth-order valence-electron chi connectivity index (χ4n) is 6.81. The van der Waals surface area contributed by atoms with Crippen molar-refractivity contribution in [3.8, 4) is 17.2 Å². The van der Waals surface area contributed by atoms with E-state index in [-0.39, 0.29) is 18.8 Å². The average molecular weight is 618 g/mol. The van der Waals surface area contributed by atoms with Gasteiger partial charge in [0.1, 0.15) is 25.1 Å². The molecule has 0 spiro atoms. The third-order valence-electron chi connectivity index (χ3n) is 9.12. The number of β-amino-alcohol motifs (C(OH)–C–C–N with tert-alkyl or cyclic N) is 1. The van der Waals surface area contributed by atoms with Crippen LogP contribution in [0, 0.1) is 0 Å². The number of aliphatic hydroxyl groups is 2. The highest BCUT2D eigenvalue weighted by molar-refractivity contribution is 6.10. The van der Waals surface area contributed by atoms with Crippen LogP contribution in [0.5, 0.6) is 17.2 Å². The van der Waals surface area contributed by atoms with Gasteiger partial charge in [0.25, 0.3) is 0 Å². The molecular formula is C36H47N3O6. The van der Waals surface area contributed by atoms with Gasteiger partial charge in [-0.25, -0.2) is 0 Å². The monoisotopic (exact) mass is 617 g/mol. The summed E-state index contributed by atoms with van der Waals surface area (Å²) in [5.74, 6) is 2.16. The minimum atomic E-state index is -0.660. The van der Waals surface area contributed by atoms with E-state index in [0.717, 1.165) is 71.9 Å². The lowest BCUT2D eigenvalue weighted by atomic mass is 9.91. The molecule has 2 fully saturated rings. The SMILES string of the molecule is COc1cc(CCO[C@H]2CCCC[C@@H]2N2CCC(O)C2)ccc1OCCNC[C@@H](O)COc1cccc2[nH]c3ccccc3c12. The van der Waals surface area contributed by atoms with E-state index in [1.165, 1.54) is 12.8 Å². The zero-order valence-corrected chi connectivity index (χ0v) is 26.2. The van der Waals surface area contributed by atoms with Crippen molar-refractivity contribution in [2.75, 3.05) is 53.1 Å². The molecule has 3 aromatic carbocycles. The van der Waals surface area contributed by atoms with Crippen molar-refractivity contribution in [3.05, 3.63) is 66.2 Å². The number of ether oxygens (including phenoxy) is 4. The second-order valence-electron chi connectivity index (χ2n) is 12.3. The molecule has 1 aliphatic carbocycles. The van der Waals surface area contributed by atoms with Gasteiger partial charge in [0, 0.05) is 48.5 Å². The molecule has 9 heteroatoms. The number of likely N-dealkylation sites (tertiary alicyclic amines) is 1. The Labute approximate surface area is 265 Å². The molecule has 4 aromatic rings. The lowest BCUT2D eigenvalue weighted by Crippen LogP contribution is -2.46. The van der Waals surface area contributed by atoms with Gasteiger partial charge in [-0.15, -0.1) is 0 Å². The third-order valence-corrected chi connectivity index (χ3v) is 9.12. The van der Waals surface area contributed by atoms with Crippen LogP contribution in [0.1, 0.15) is 37.7 Å². The highest BCUT2D eigenvalue weighted by atomic mass is 16.5. The summed E-state index contributed by atoms with van der Waals surface area (Å²) in [6.07, 6.45) is 5.75. The molecule has 2 aliphatic rings. The lowest BCUT2D eigenvalue weighted by Gasteiger charge is -2.37. The highest BCUT2D eigenvalue weighted by Gasteiger charge is 2.34. The quantitative estimate of drug-likeness (QED) is 0.143. The molecule has 0 amide bonds. The second-order valence-corrected chi connectivity index (χ2v) is 12.3. The predicted octanol–water partition coefficient (Wildman–Crippen LogP) is 4.67. The van der Waals surface area contributed by atoms with E-state index in [1.54, 1.807) is 7.11 Å². The molecule has 242 valence electrons. The summed E-state index contributed by atoms with van der Waals surface area (Å²) in [7, 11) is 1.66. The summed E-state index contributed by atoms with van der Waals surface area (Å²) in [6.45, 7) is 4.00. The first-order valence-corrected chi connectivity index (χ1v) is 16.4. The molecular weight excluding hydrogens is 570 g/mol. The van der Waals surface area contributed by atoms with Crippen molar-refractivity contribution >= 4 is 21.8 Å². The molecule has 45 heavy (non-hydrogen) atoms. The summed E-state index contributed by atoms with van der Waals surface area (Å²) in [5.41, 5.74) is 3.23. The Bertz CT molecular complexity index is 1530. The summed E-state index contributed by atoms with van der Waals surface area (Å²) in [5, 5.41) is 25.9. The van der Waals surface area contributed by atoms with Crippen molar-refractivity contribution in [1.82, 2.24) is 15.2 Å². The van der Waals surface area contributed by atoms with Gasteiger partial charge in [0.15, 0.2) is 11.5 Å². The van der Waals surface area contributed by atoms with Gasteiger partial charge in [0.05, 0.1) is 31.4 Å². The number of rotatable bonds is 15. The molecule has 1 aliphatic heterocycles. The van der Waals surface area contributed by atoms with Crippen LogP contribution in [-0.4, -0.2) is 97.6 Å². The Morgan fingerprint density at radius 2 is 1.80 bits per heavy atom. The van der Waals surface area contributed by atoms with Gasteiger partial charge in [-0.3, -0.25) is 4.90 Å².